The summed E-state index contributed by atoms with van der Waals surface area (Å²) in [6.45, 7) is 1.84. The molecule has 2 aromatic carbocycles. The van der Waals surface area contributed by atoms with Crippen LogP contribution in [-0.2, 0) is 16.6 Å². The summed E-state index contributed by atoms with van der Waals surface area (Å²) in [7, 11) is 2.82. The summed E-state index contributed by atoms with van der Waals surface area (Å²) in [6.07, 6.45) is 0. The Morgan fingerprint density at radius 2 is 1.66 bits per heavy atom. The van der Waals surface area contributed by atoms with E-state index in [1.54, 1.807) is 44.3 Å². The van der Waals surface area contributed by atoms with E-state index >= 15 is 0 Å². The first-order valence-corrected chi connectivity index (χ1v) is 10.5. The molecule has 158 valence electrons. The molecule has 0 aromatic heterocycles. The maximum Gasteiger partial charge on any atom is 0.253 e. The Hall–Kier alpha value is -2.94. The Labute approximate surface area is 171 Å². The molecule has 0 bridgehead atoms. The minimum Gasteiger partial charge on any atom is -0.493 e. The predicted molar refractivity (Wildman–Crippen MR) is 111 cm³/mol. The summed E-state index contributed by atoms with van der Waals surface area (Å²) in [5.41, 5.74) is 1.51. The van der Waals surface area contributed by atoms with E-state index in [0.29, 0.717) is 35.0 Å². The third-order valence-corrected chi connectivity index (χ3v) is 5.56. The fourth-order valence-electron chi connectivity index (χ4n) is 2.76. The van der Waals surface area contributed by atoms with Gasteiger partial charge in [0.1, 0.15) is 0 Å². The van der Waals surface area contributed by atoms with Gasteiger partial charge in [-0.3, -0.25) is 9.52 Å². The number of nitrogens with zero attached hydrogens (tertiary/aromatic N) is 1. The lowest BCUT2D eigenvalue weighted by molar-refractivity contribution is 0.0785. The van der Waals surface area contributed by atoms with Crippen LogP contribution in [0.4, 0.5) is 5.69 Å². The number of sulfonamides is 1. The second-order valence-corrected chi connectivity index (χ2v) is 8.29. The van der Waals surface area contributed by atoms with E-state index in [2.05, 4.69) is 4.72 Å². The molecule has 0 fully saturated rings. The Morgan fingerprint density at radius 1 is 1.03 bits per heavy atom. The lowest BCUT2D eigenvalue weighted by Gasteiger charge is -2.20. The lowest BCUT2D eigenvalue weighted by Crippen LogP contribution is -2.26. The molecule has 0 aliphatic rings. The summed E-state index contributed by atoms with van der Waals surface area (Å²) in [5, 5.41) is 0. The van der Waals surface area contributed by atoms with Crippen molar-refractivity contribution in [3.63, 3.8) is 0 Å². The molecule has 0 radical (unpaired) electrons. The first kappa shape index (κ1) is 22.4. The number of benzene rings is 2. The van der Waals surface area contributed by atoms with Gasteiger partial charge in [-0.15, -0.1) is 0 Å². The summed E-state index contributed by atoms with van der Waals surface area (Å²) in [4.78, 5) is 14.4. The van der Waals surface area contributed by atoms with Crippen LogP contribution in [-0.4, -0.2) is 53.4 Å². The van der Waals surface area contributed by atoms with Crippen LogP contribution in [0.5, 0.6) is 17.2 Å². The number of rotatable bonds is 9. The number of carbonyl (C=O) groups excluding carboxylic acids is 1. The number of methoxy groups -OCH3 is 3. The van der Waals surface area contributed by atoms with Crippen molar-refractivity contribution in [1.82, 2.24) is 4.90 Å². The van der Waals surface area contributed by atoms with Crippen LogP contribution in [0.1, 0.15) is 22.8 Å². The van der Waals surface area contributed by atoms with E-state index in [4.69, 9.17) is 14.2 Å². The fourth-order valence-corrected chi connectivity index (χ4v) is 3.39. The van der Waals surface area contributed by atoms with E-state index in [9.17, 15) is 13.2 Å². The number of hydrogen-bond donors (Lipinski definition) is 1. The normalized spacial score (nSPS) is 10.9. The van der Waals surface area contributed by atoms with Gasteiger partial charge in [0.25, 0.3) is 5.91 Å². The maximum absolute atomic E-state index is 12.8. The fraction of sp³-hybridized carbons (Fsp3) is 0.350. The van der Waals surface area contributed by atoms with Gasteiger partial charge in [0.15, 0.2) is 11.5 Å². The molecule has 2 rings (SSSR count). The highest BCUT2D eigenvalue weighted by Crippen LogP contribution is 2.38. The first-order valence-electron chi connectivity index (χ1n) is 8.89. The SMILES string of the molecule is CCS(=O)(=O)Nc1cccc(C(=O)N(C)Cc2cc(OC)c(OC)c(OC)c2)c1. The number of hydrogen-bond acceptors (Lipinski definition) is 6. The number of ether oxygens (including phenoxy) is 3. The van der Waals surface area contributed by atoms with Gasteiger partial charge in [0, 0.05) is 24.8 Å². The van der Waals surface area contributed by atoms with Gasteiger partial charge in [0.2, 0.25) is 15.8 Å². The third-order valence-electron chi connectivity index (χ3n) is 4.25. The van der Waals surface area contributed by atoms with Gasteiger partial charge in [-0.2, -0.15) is 0 Å². The van der Waals surface area contributed by atoms with Crippen LogP contribution in [0.2, 0.25) is 0 Å². The molecule has 0 unspecified atom stereocenters. The number of carbonyl (C=O) groups is 1. The van der Waals surface area contributed by atoms with Crippen molar-refractivity contribution in [3.8, 4) is 17.2 Å². The van der Waals surface area contributed by atoms with Gasteiger partial charge < -0.3 is 19.1 Å². The molecule has 0 aliphatic carbocycles. The van der Waals surface area contributed by atoms with Crippen LogP contribution in [0.3, 0.4) is 0 Å². The summed E-state index contributed by atoms with van der Waals surface area (Å²) in [6, 6.07) is 9.93. The third kappa shape index (κ3) is 5.54. The van der Waals surface area contributed by atoms with Crippen molar-refractivity contribution in [2.45, 2.75) is 13.5 Å². The number of amides is 1. The molecular weight excluding hydrogens is 396 g/mol. The molecule has 0 atom stereocenters. The van der Waals surface area contributed by atoms with Crippen LogP contribution in [0.25, 0.3) is 0 Å². The Bertz CT molecular complexity index is 950. The molecule has 0 saturated heterocycles. The summed E-state index contributed by atoms with van der Waals surface area (Å²) < 4.78 is 42.0. The highest BCUT2D eigenvalue weighted by Gasteiger charge is 2.17. The number of nitrogens with one attached hydrogen (secondary N) is 1. The molecule has 29 heavy (non-hydrogen) atoms. The molecule has 2 aromatic rings. The topological polar surface area (TPSA) is 94.2 Å². The van der Waals surface area contributed by atoms with Crippen molar-refractivity contribution >= 4 is 21.6 Å². The Morgan fingerprint density at radius 3 is 2.17 bits per heavy atom. The molecule has 0 spiro atoms. The number of anilines is 1. The smallest absolute Gasteiger partial charge is 0.253 e. The van der Waals surface area contributed by atoms with Crippen LogP contribution in [0, 0.1) is 0 Å². The molecule has 9 heteroatoms. The van der Waals surface area contributed by atoms with E-state index < -0.39 is 10.0 Å². The van der Waals surface area contributed by atoms with Crippen molar-refractivity contribution in [3.05, 3.63) is 47.5 Å². The molecule has 1 amide bonds. The lowest BCUT2D eigenvalue weighted by atomic mass is 10.1. The van der Waals surface area contributed by atoms with Crippen LogP contribution >= 0.6 is 0 Å². The average molecular weight is 423 g/mol. The van der Waals surface area contributed by atoms with E-state index in [1.165, 1.54) is 32.3 Å². The standard InChI is InChI=1S/C20H26N2O6S/c1-6-29(24,25)21-16-9-7-8-15(12-16)20(23)22(2)13-14-10-17(26-3)19(28-5)18(11-14)27-4/h7-12,21H,6,13H2,1-5H3. The second-order valence-electron chi connectivity index (χ2n) is 6.28. The van der Waals surface area contributed by atoms with Crippen LogP contribution < -0.4 is 18.9 Å². The molecular formula is C20H26N2O6S. The highest BCUT2D eigenvalue weighted by atomic mass is 32.2. The van der Waals surface area contributed by atoms with Crippen LogP contribution in [0.15, 0.2) is 36.4 Å². The minimum absolute atomic E-state index is 0.0494. The average Bonchev–Trinajstić information content (AvgIpc) is 2.72. The van der Waals surface area contributed by atoms with Crippen molar-refractivity contribution in [1.29, 1.82) is 0 Å². The molecule has 8 nitrogen and oxygen atoms in total. The predicted octanol–water partition coefficient (Wildman–Crippen LogP) is 2.75. The largest absolute Gasteiger partial charge is 0.493 e. The minimum atomic E-state index is -3.42. The highest BCUT2D eigenvalue weighted by molar-refractivity contribution is 7.92. The Balaban J connectivity index is 2.23. The summed E-state index contributed by atoms with van der Waals surface area (Å²) >= 11 is 0. The molecule has 0 heterocycles. The zero-order valence-electron chi connectivity index (χ0n) is 17.2. The van der Waals surface area contributed by atoms with Crippen molar-refractivity contribution in [2.24, 2.45) is 0 Å². The van der Waals surface area contributed by atoms with Gasteiger partial charge >= 0.3 is 0 Å². The zero-order valence-corrected chi connectivity index (χ0v) is 18.0. The summed E-state index contributed by atoms with van der Waals surface area (Å²) in [5.74, 6) is 1.17. The maximum atomic E-state index is 12.8. The quantitative estimate of drug-likeness (QED) is 0.668. The van der Waals surface area contributed by atoms with Crippen molar-refractivity contribution < 1.29 is 27.4 Å². The zero-order chi connectivity index (χ0) is 21.6. The van der Waals surface area contributed by atoms with Gasteiger partial charge in [-0.25, -0.2) is 8.42 Å². The monoisotopic (exact) mass is 422 g/mol. The Kier molecular flexibility index (Phi) is 7.33. The molecule has 1 N–H and O–H groups in total. The second kappa shape index (κ2) is 9.51. The molecule has 0 aliphatic heterocycles. The van der Waals surface area contributed by atoms with E-state index in [1.807, 2.05) is 0 Å². The molecule has 0 saturated carbocycles. The van der Waals surface area contributed by atoms with Gasteiger partial charge in [-0.1, -0.05) is 6.07 Å². The first-order chi connectivity index (χ1) is 13.7. The van der Waals surface area contributed by atoms with E-state index in [0.717, 1.165) is 5.56 Å². The van der Waals surface area contributed by atoms with Gasteiger partial charge in [0.05, 0.1) is 27.1 Å². The van der Waals surface area contributed by atoms with Gasteiger partial charge in [-0.05, 0) is 42.8 Å². The van der Waals surface area contributed by atoms with Crippen molar-refractivity contribution in [2.75, 3.05) is 38.9 Å². The van der Waals surface area contributed by atoms with E-state index in [-0.39, 0.29) is 11.7 Å².